The molecule has 4 nitrogen and oxygen atoms in total. The Morgan fingerprint density at radius 3 is 2.85 bits per heavy atom. The molecule has 0 radical (unpaired) electrons. The molecule has 0 aliphatic carbocycles. The van der Waals surface area contributed by atoms with Gasteiger partial charge in [0.25, 0.3) is 0 Å². The lowest BCUT2D eigenvalue weighted by molar-refractivity contribution is 0.125. The van der Waals surface area contributed by atoms with Crippen molar-refractivity contribution in [2.75, 3.05) is 27.2 Å². The average Bonchev–Trinajstić information content (AvgIpc) is 3.16. The van der Waals surface area contributed by atoms with Crippen molar-refractivity contribution < 1.29 is 0 Å². The minimum absolute atomic E-state index is 0. The minimum Gasteiger partial charge on any atom is -0.356 e. The van der Waals surface area contributed by atoms with E-state index in [1.165, 1.54) is 29.8 Å². The highest BCUT2D eigenvalue weighted by Gasteiger charge is 2.31. The molecule has 0 spiro atoms. The first-order valence-electron chi connectivity index (χ1n) is 9.10. The number of hydrogen-bond donors (Lipinski definition) is 2. The van der Waals surface area contributed by atoms with Crippen LogP contribution in [0.2, 0.25) is 0 Å². The number of thiophene rings is 1. The standard InChI is InChI=1S/C20H27BrN4S.HI/c1-22-20(23-13-15-6-3-8-17(21)12-15)24-14-16-7-4-10-25(2)19(16)18-9-5-11-26-18;/h3,5-6,8-9,11-12,16,19H,4,7,10,13-14H2,1-2H3,(H2,22,23,24);1H. The van der Waals surface area contributed by atoms with Gasteiger partial charge >= 0.3 is 0 Å². The second-order valence-electron chi connectivity index (χ2n) is 6.78. The van der Waals surface area contributed by atoms with Crippen molar-refractivity contribution in [2.24, 2.45) is 10.9 Å². The lowest BCUT2D eigenvalue weighted by Gasteiger charge is -2.39. The Labute approximate surface area is 192 Å². The second kappa shape index (κ2) is 11.4. The molecular formula is C20H28BrIN4S. The van der Waals surface area contributed by atoms with E-state index < -0.39 is 0 Å². The second-order valence-corrected chi connectivity index (χ2v) is 8.67. The highest BCUT2D eigenvalue weighted by molar-refractivity contribution is 14.0. The summed E-state index contributed by atoms with van der Waals surface area (Å²) in [7, 11) is 4.08. The van der Waals surface area contributed by atoms with Crippen LogP contribution < -0.4 is 10.6 Å². The molecule has 1 fully saturated rings. The van der Waals surface area contributed by atoms with E-state index in [4.69, 9.17) is 0 Å². The van der Waals surface area contributed by atoms with Crippen LogP contribution in [0.5, 0.6) is 0 Å². The predicted octanol–water partition coefficient (Wildman–Crippen LogP) is 4.88. The summed E-state index contributed by atoms with van der Waals surface area (Å²) >= 11 is 5.39. The third kappa shape index (κ3) is 6.44. The van der Waals surface area contributed by atoms with Gasteiger partial charge in [0.2, 0.25) is 0 Å². The molecule has 2 heterocycles. The van der Waals surface area contributed by atoms with Crippen molar-refractivity contribution in [1.82, 2.24) is 15.5 Å². The summed E-state index contributed by atoms with van der Waals surface area (Å²) < 4.78 is 1.10. The largest absolute Gasteiger partial charge is 0.356 e. The van der Waals surface area contributed by atoms with E-state index in [0.717, 1.165) is 23.5 Å². The van der Waals surface area contributed by atoms with Crippen LogP contribution in [0.15, 0.2) is 51.2 Å². The molecule has 1 saturated heterocycles. The van der Waals surface area contributed by atoms with Crippen LogP contribution in [0.25, 0.3) is 0 Å². The normalized spacial score (nSPS) is 20.8. The number of halogens is 2. The van der Waals surface area contributed by atoms with Crippen LogP contribution in [0, 0.1) is 5.92 Å². The maximum absolute atomic E-state index is 4.39. The molecule has 1 aromatic carbocycles. The van der Waals surface area contributed by atoms with Crippen molar-refractivity contribution in [1.29, 1.82) is 0 Å². The molecule has 148 valence electrons. The molecule has 7 heteroatoms. The van der Waals surface area contributed by atoms with Crippen molar-refractivity contribution >= 4 is 57.2 Å². The van der Waals surface area contributed by atoms with Crippen LogP contribution in [0.1, 0.15) is 29.3 Å². The quantitative estimate of drug-likeness (QED) is 0.310. The lowest BCUT2D eigenvalue weighted by atomic mass is 9.88. The van der Waals surface area contributed by atoms with Crippen LogP contribution >= 0.6 is 51.2 Å². The predicted molar refractivity (Wildman–Crippen MR) is 130 cm³/mol. The average molecular weight is 563 g/mol. The smallest absolute Gasteiger partial charge is 0.191 e. The molecule has 2 unspecified atom stereocenters. The van der Waals surface area contributed by atoms with Gasteiger partial charge in [-0.15, -0.1) is 35.3 Å². The summed E-state index contributed by atoms with van der Waals surface area (Å²) in [6.45, 7) is 2.87. The van der Waals surface area contributed by atoms with Crippen molar-refractivity contribution in [3.63, 3.8) is 0 Å². The van der Waals surface area contributed by atoms with Crippen LogP contribution in [-0.4, -0.2) is 38.0 Å². The molecule has 1 aliphatic heterocycles. The van der Waals surface area contributed by atoms with Crippen molar-refractivity contribution in [3.8, 4) is 0 Å². The fourth-order valence-electron chi connectivity index (χ4n) is 3.66. The zero-order valence-electron chi connectivity index (χ0n) is 15.8. The van der Waals surface area contributed by atoms with E-state index in [-0.39, 0.29) is 24.0 Å². The van der Waals surface area contributed by atoms with Gasteiger partial charge in [-0.05, 0) is 61.5 Å². The fourth-order valence-corrected chi connectivity index (χ4v) is 5.09. The van der Waals surface area contributed by atoms with Gasteiger partial charge in [0.05, 0.1) is 0 Å². The van der Waals surface area contributed by atoms with Gasteiger partial charge in [0, 0.05) is 35.5 Å². The fraction of sp³-hybridized carbons (Fsp3) is 0.450. The molecular weight excluding hydrogens is 535 g/mol. The Balaban J connectivity index is 0.00000261. The summed E-state index contributed by atoms with van der Waals surface area (Å²) in [5.41, 5.74) is 1.23. The minimum atomic E-state index is 0. The van der Waals surface area contributed by atoms with E-state index >= 15 is 0 Å². The zero-order chi connectivity index (χ0) is 18.4. The van der Waals surface area contributed by atoms with E-state index in [1.807, 2.05) is 24.5 Å². The monoisotopic (exact) mass is 562 g/mol. The van der Waals surface area contributed by atoms with Crippen molar-refractivity contribution in [2.45, 2.75) is 25.4 Å². The summed E-state index contributed by atoms with van der Waals surface area (Å²) in [4.78, 5) is 8.36. The Bertz CT molecular complexity index is 723. The molecule has 2 N–H and O–H groups in total. The number of rotatable bonds is 5. The van der Waals surface area contributed by atoms with Gasteiger partial charge in [-0.3, -0.25) is 9.89 Å². The third-order valence-corrected chi connectivity index (χ3v) is 6.38. The van der Waals surface area contributed by atoms with Crippen LogP contribution in [0.3, 0.4) is 0 Å². The molecule has 0 amide bonds. The Kier molecular flexibility index (Phi) is 9.55. The summed E-state index contributed by atoms with van der Waals surface area (Å²) in [5, 5.41) is 9.14. The molecule has 1 aromatic heterocycles. The SMILES string of the molecule is CN=C(NCc1cccc(Br)c1)NCC1CCCN(C)C1c1cccs1.I. The van der Waals surface area contributed by atoms with E-state index in [1.54, 1.807) is 0 Å². The molecule has 0 saturated carbocycles. The Morgan fingerprint density at radius 2 is 2.15 bits per heavy atom. The topological polar surface area (TPSA) is 39.7 Å². The Morgan fingerprint density at radius 1 is 1.30 bits per heavy atom. The van der Waals surface area contributed by atoms with Gasteiger partial charge in [0.1, 0.15) is 0 Å². The molecule has 2 aromatic rings. The van der Waals surface area contributed by atoms with E-state index in [0.29, 0.717) is 12.0 Å². The number of guanidine groups is 1. The maximum Gasteiger partial charge on any atom is 0.191 e. The summed E-state index contributed by atoms with van der Waals surface area (Å²) in [6, 6.07) is 13.3. The number of nitrogens with one attached hydrogen (secondary N) is 2. The van der Waals surface area contributed by atoms with Gasteiger partial charge in [0.15, 0.2) is 5.96 Å². The summed E-state index contributed by atoms with van der Waals surface area (Å²) in [5.74, 6) is 1.46. The zero-order valence-corrected chi connectivity index (χ0v) is 20.6. The molecule has 27 heavy (non-hydrogen) atoms. The first-order chi connectivity index (χ1) is 12.7. The third-order valence-electron chi connectivity index (χ3n) is 4.95. The first-order valence-corrected chi connectivity index (χ1v) is 10.8. The molecule has 0 bridgehead atoms. The number of likely N-dealkylation sites (tertiary alicyclic amines) is 1. The van der Waals surface area contributed by atoms with E-state index in [2.05, 4.69) is 79.2 Å². The summed E-state index contributed by atoms with van der Waals surface area (Å²) in [6.07, 6.45) is 2.51. The van der Waals surface area contributed by atoms with Gasteiger partial charge < -0.3 is 10.6 Å². The highest BCUT2D eigenvalue weighted by atomic mass is 127. The van der Waals surface area contributed by atoms with Gasteiger partial charge in [-0.1, -0.05) is 34.1 Å². The highest BCUT2D eigenvalue weighted by Crippen LogP contribution is 2.36. The number of aliphatic imine (C=N–C) groups is 1. The van der Waals surface area contributed by atoms with Gasteiger partial charge in [-0.2, -0.15) is 0 Å². The number of piperidine rings is 1. The molecule has 3 rings (SSSR count). The number of benzene rings is 1. The molecule has 2 atom stereocenters. The number of nitrogens with zero attached hydrogens (tertiary/aromatic N) is 2. The van der Waals surface area contributed by atoms with E-state index in [9.17, 15) is 0 Å². The maximum atomic E-state index is 4.39. The van der Waals surface area contributed by atoms with Gasteiger partial charge in [-0.25, -0.2) is 0 Å². The first kappa shape index (κ1) is 22.6. The molecule has 1 aliphatic rings. The van der Waals surface area contributed by atoms with Crippen molar-refractivity contribution in [3.05, 3.63) is 56.7 Å². The lowest BCUT2D eigenvalue weighted by Crippen LogP contribution is -2.44. The Hall–Kier alpha value is -0.640. The van der Waals surface area contributed by atoms with Crippen LogP contribution in [0.4, 0.5) is 0 Å². The van der Waals surface area contributed by atoms with Crippen LogP contribution in [-0.2, 0) is 6.54 Å². The number of hydrogen-bond acceptors (Lipinski definition) is 3.